The SMILES string of the molecule is CNC(=O)[C@H]1C[C@]2(CCCCN(CCOC)C2=O)N(C(=O)NC2CCCC2)[C@H]1c1ccccc1. The molecule has 1 aromatic carbocycles. The lowest BCUT2D eigenvalue weighted by atomic mass is 9.85. The van der Waals surface area contributed by atoms with Crippen LogP contribution in [0, 0.1) is 5.92 Å². The molecule has 1 aliphatic carbocycles. The summed E-state index contributed by atoms with van der Waals surface area (Å²) >= 11 is 0. The van der Waals surface area contributed by atoms with Crippen molar-refractivity contribution in [1.82, 2.24) is 20.4 Å². The lowest BCUT2D eigenvalue weighted by molar-refractivity contribution is -0.142. The summed E-state index contributed by atoms with van der Waals surface area (Å²) in [5.74, 6) is -0.700. The number of likely N-dealkylation sites (tertiary alicyclic amines) is 2. The van der Waals surface area contributed by atoms with Gasteiger partial charge in [-0.2, -0.15) is 0 Å². The van der Waals surface area contributed by atoms with E-state index in [9.17, 15) is 14.4 Å². The van der Waals surface area contributed by atoms with Crippen LogP contribution in [-0.4, -0.2) is 73.1 Å². The normalized spacial score (nSPS) is 27.8. The van der Waals surface area contributed by atoms with Gasteiger partial charge in [-0.1, -0.05) is 43.2 Å². The third-order valence-electron chi connectivity index (χ3n) is 7.82. The van der Waals surface area contributed by atoms with Gasteiger partial charge in [-0.05, 0) is 44.1 Å². The summed E-state index contributed by atoms with van der Waals surface area (Å²) in [5, 5.41) is 6.02. The van der Waals surface area contributed by atoms with Crippen molar-refractivity contribution in [3.05, 3.63) is 35.9 Å². The molecule has 2 saturated heterocycles. The molecule has 1 spiro atoms. The van der Waals surface area contributed by atoms with Crippen LogP contribution in [0.2, 0.25) is 0 Å². The minimum Gasteiger partial charge on any atom is -0.383 e. The highest BCUT2D eigenvalue weighted by atomic mass is 16.5. The maximum atomic E-state index is 14.2. The van der Waals surface area contributed by atoms with Crippen LogP contribution in [0.5, 0.6) is 0 Å². The van der Waals surface area contributed by atoms with Crippen LogP contribution in [0.15, 0.2) is 30.3 Å². The summed E-state index contributed by atoms with van der Waals surface area (Å²) in [6, 6.07) is 9.07. The average molecular weight is 471 g/mol. The molecule has 0 unspecified atom stereocenters. The average Bonchev–Trinajstić information content (AvgIpc) is 3.46. The number of nitrogens with one attached hydrogen (secondary N) is 2. The third kappa shape index (κ3) is 4.65. The Balaban J connectivity index is 1.79. The van der Waals surface area contributed by atoms with Crippen LogP contribution in [0.4, 0.5) is 4.79 Å². The van der Waals surface area contributed by atoms with Crippen molar-refractivity contribution in [1.29, 1.82) is 0 Å². The number of carbonyl (C=O) groups is 3. The van der Waals surface area contributed by atoms with Crippen LogP contribution >= 0.6 is 0 Å². The number of hydrogen-bond acceptors (Lipinski definition) is 4. The third-order valence-corrected chi connectivity index (χ3v) is 7.82. The Bertz CT molecular complexity index is 873. The first kappa shape index (κ1) is 24.5. The van der Waals surface area contributed by atoms with E-state index in [1.165, 1.54) is 0 Å². The Morgan fingerprint density at radius 1 is 1.12 bits per heavy atom. The Morgan fingerprint density at radius 3 is 2.53 bits per heavy atom. The summed E-state index contributed by atoms with van der Waals surface area (Å²) in [7, 11) is 3.25. The maximum Gasteiger partial charge on any atom is 0.319 e. The first-order valence-corrected chi connectivity index (χ1v) is 12.7. The molecule has 0 radical (unpaired) electrons. The molecule has 3 atom stereocenters. The molecule has 3 aliphatic rings. The molecule has 0 aromatic heterocycles. The second kappa shape index (κ2) is 10.8. The zero-order chi connectivity index (χ0) is 24.1. The van der Waals surface area contributed by atoms with Crippen LogP contribution < -0.4 is 10.6 Å². The summed E-state index contributed by atoms with van der Waals surface area (Å²) in [4.78, 5) is 44.9. The lowest BCUT2D eigenvalue weighted by Gasteiger charge is -2.42. The minimum atomic E-state index is -1.05. The molecule has 8 nitrogen and oxygen atoms in total. The number of nitrogens with zero attached hydrogens (tertiary/aromatic N) is 2. The molecule has 1 saturated carbocycles. The zero-order valence-electron chi connectivity index (χ0n) is 20.4. The van der Waals surface area contributed by atoms with Crippen molar-refractivity contribution >= 4 is 17.8 Å². The van der Waals surface area contributed by atoms with E-state index in [1.807, 2.05) is 35.2 Å². The summed E-state index contributed by atoms with van der Waals surface area (Å²) in [6.45, 7) is 1.57. The molecule has 1 aromatic rings. The maximum absolute atomic E-state index is 14.2. The first-order chi connectivity index (χ1) is 16.5. The monoisotopic (exact) mass is 470 g/mol. The molecule has 186 valence electrons. The van der Waals surface area contributed by atoms with E-state index in [2.05, 4.69) is 10.6 Å². The van der Waals surface area contributed by atoms with Gasteiger partial charge in [0.15, 0.2) is 0 Å². The second-order valence-corrected chi connectivity index (χ2v) is 9.85. The number of ether oxygens (including phenoxy) is 1. The van der Waals surface area contributed by atoms with Crippen molar-refractivity contribution in [2.75, 3.05) is 33.9 Å². The van der Waals surface area contributed by atoms with Crippen LogP contribution in [0.1, 0.15) is 63.0 Å². The minimum absolute atomic E-state index is 0.0593. The molecule has 2 N–H and O–H groups in total. The summed E-state index contributed by atoms with van der Waals surface area (Å²) < 4.78 is 5.26. The number of carbonyl (C=O) groups excluding carboxylic acids is 3. The summed E-state index contributed by atoms with van der Waals surface area (Å²) in [5.41, 5.74) is -0.167. The van der Waals surface area contributed by atoms with Gasteiger partial charge in [-0.25, -0.2) is 4.79 Å². The van der Waals surface area contributed by atoms with Crippen molar-refractivity contribution < 1.29 is 19.1 Å². The molecule has 4 rings (SSSR count). The fourth-order valence-corrected chi connectivity index (χ4v) is 6.16. The molecular weight excluding hydrogens is 432 g/mol. The zero-order valence-corrected chi connectivity index (χ0v) is 20.4. The van der Waals surface area contributed by atoms with Crippen molar-refractivity contribution in [3.63, 3.8) is 0 Å². The second-order valence-electron chi connectivity index (χ2n) is 9.85. The van der Waals surface area contributed by atoms with Gasteiger partial charge in [0.25, 0.3) is 0 Å². The van der Waals surface area contributed by atoms with Gasteiger partial charge >= 0.3 is 6.03 Å². The van der Waals surface area contributed by atoms with E-state index < -0.39 is 17.5 Å². The van der Waals surface area contributed by atoms with Crippen molar-refractivity contribution in [2.45, 2.75) is 69.0 Å². The topological polar surface area (TPSA) is 91.0 Å². The van der Waals surface area contributed by atoms with E-state index in [0.29, 0.717) is 32.5 Å². The van der Waals surface area contributed by atoms with Gasteiger partial charge < -0.3 is 25.2 Å². The predicted molar refractivity (Wildman–Crippen MR) is 129 cm³/mol. The fourth-order valence-electron chi connectivity index (χ4n) is 6.16. The highest BCUT2D eigenvalue weighted by Crippen LogP contribution is 2.51. The van der Waals surface area contributed by atoms with E-state index in [1.54, 1.807) is 19.1 Å². The quantitative estimate of drug-likeness (QED) is 0.669. The molecule has 0 bridgehead atoms. The molecule has 2 aliphatic heterocycles. The molecule has 2 heterocycles. The van der Waals surface area contributed by atoms with Gasteiger partial charge in [0.2, 0.25) is 11.8 Å². The first-order valence-electron chi connectivity index (χ1n) is 12.7. The van der Waals surface area contributed by atoms with Crippen LogP contribution in [0.25, 0.3) is 0 Å². The number of methoxy groups -OCH3 is 1. The molecule has 3 fully saturated rings. The standard InChI is InChI=1S/C26H38N4O4/c1-27-23(31)21-18-26(14-8-9-15-29(24(26)32)16-17-34-2)30(22(21)19-10-4-3-5-11-19)25(33)28-20-12-6-7-13-20/h3-5,10-11,20-22H,6-9,12-18H2,1-2H3,(H,27,31)(H,28,33)/t21-,22-,26-/m0/s1. The van der Waals surface area contributed by atoms with Crippen molar-refractivity contribution in [3.8, 4) is 0 Å². The number of amides is 4. The molecule has 34 heavy (non-hydrogen) atoms. The fraction of sp³-hybridized carbons (Fsp3) is 0.654. The van der Waals surface area contributed by atoms with Gasteiger partial charge in [0.05, 0.1) is 18.6 Å². The van der Waals surface area contributed by atoms with E-state index in [4.69, 9.17) is 4.74 Å². The van der Waals surface area contributed by atoms with Gasteiger partial charge in [-0.15, -0.1) is 0 Å². The number of hydrogen-bond donors (Lipinski definition) is 2. The van der Waals surface area contributed by atoms with E-state index in [-0.39, 0.29) is 23.9 Å². The van der Waals surface area contributed by atoms with Gasteiger partial charge in [0.1, 0.15) is 5.54 Å². The molecule has 8 heteroatoms. The largest absolute Gasteiger partial charge is 0.383 e. The smallest absolute Gasteiger partial charge is 0.319 e. The summed E-state index contributed by atoms with van der Waals surface area (Å²) in [6.07, 6.45) is 6.69. The van der Waals surface area contributed by atoms with Crippen molar-refractivity contribution in [2.24, 2.45) is 5.92 Å². The van der Waals surface area contributed by atoms with Gasteiger partial charge in [0, 0.05) is 33.3 Å². The number of benzene rings is 1. The molecular formula is C26H38N4O4. The highest BCUT2D eigenvalue weighted by molar-refractivity contribution is 5.95. The Kier molecular flexibility index (Phi) is 7.76. The van der Waals surface area contributed by atoms with E-state index >= 15 is 0 Å². The predicted octanol–water partition coefficient (Wildman–Crippen LogP) is 2.85. The van der Waals surface area contributed by atoms with Crippen LogP contribution in [0.3, 0.4) is 0 Å². The Morgan fingerprint density at radius 2 is 1.85 bits per heavy atom. The highest BCUT2D eigenvalue weighted by Gasteiger charge is 2.61. The van der Waals surface area contributed by atoms with Gasteiger partial charge in [-0.3, -0.25) is 9.59 Å². The number of rotatable bonds is 6. The lowest BCUT2D eigenvalue weighted by Crippen LogP contribution is -2.61. The molecule has 4 amide bonds. The Hall–Kier alpha value is -2.61. The van der Waals surface area contributed by atoms with E-state index in [0.717, 1.165) is 44.1 Å². The number of urea groups is 1. The van der Waals surface area contributed by atoms with Crippen LogP contribution in [-0.2, 0) is 14.3 Å². The Labute approximate surface area is 202 Å².